The van der Waals surface area contributed by atoms with Crippen LogP contribution >= 0.6 is 0 Å². The molecule has 3 nitrogen and oxygen atoms in total. The van der Waals surface area contributed by atoms with Crippen LogP contribution in [0.5, 0.6) is 0 Å². The summed E-state index contributed by atoms with van der Waals surface area (Å²) in [5.74, 6) is 0.331. The predicted molar refractivity (Wildman–Crippen MR) is 49.3 cm³/mol. The van der Waals surface area contributed by atoms with Crippen LogP contribution in [0.2, 0.25) is 0 Å². The molecule has 0 bridgehead atoms. The first-order valence-electron chi connectivity index (χ1n) is 4.44. The molecule has 0 atom stereocenters. The fourth-order valence-electron chi connectivity index (χ4n) is 1.47. The second-order valence-electron chi connectivity index (χ2n) is 3.06. The van der Waals surface area contributed by atoms with Gasteiger partial charge in [-0.15, -0.1) is 0 Å². The van der Waals surface area contributed by atoms with Gasteiger partial charge in [-0.05, 0) is 12.1 Å². The minimum Gasteiger partial charge on any atom is -0.354 e. The van der Waals surface area contributed by atoms with Crippen molar-refractivity contribution in [3.8, 4) is 0 Å². The average Bonchev–Trinajstić information content (AvgIpc) is 2.19. The number of anilines is 1. The first kappa shape index (κ1) is 8.44. The first-order chi connectivity index (χ1) is 6.36. The van der Waals surface area contributed by atoms with E-state index in [-0.39, 0.29) is 0 Å². The van der Waals surface area contributed by atoms with Gasteiger partial charge in [0, 0.05) is 26.2 Å². The Morgan fingerprint density at radius 1 is 1.31 bits per heavy atom. The molecule has 70 valence electrons. The predicted octanol–water partition coefficient (Wildman–Crippen LogP) is 0.630. The Balaban J connectivity index is 2.14. The maximum Gasteiger partial charge on any atom is 0.214 e. The molecule has 0 aromatic carbocycles. The van der Waals surface area contributed by atoms with Crippen molar-refractivity contribution in [1.82, 2.24) is 10.3 Å². The highest BCUT2D eigenvalue weighted by molar-refractivity contribution is 5.38. The summed E-state index contributed by atoms with van der Waals surface area (Å²) in [6, 6.07) is 4.90. The van der Waals surface area contributed by atoms with Gasteiger partial charge < -0.3 is 10.2 Å². The lowest BCUT2D eigenvalue weighted by Gasteiger charge is -2.28. The number of nitrogens with zero attached hydrogens (tertiary/aromatic N) is 2. The molecule has 1 N–H and O–H groups in total. The summed E-state index contributed by atoms with van der Waals surface area (Å²) in [4.78, 5) is 5.91. The molecule has 1 fully saturated rings. The van der Waals surface area contributed by atoms with Gasteiger partial charge in [0.25, 0.3) is 0 Å². The number of hydrogen-bond donors (Lipinski definition) is 1. The maximum atomic E-state index is 12.8. The summed E-state index contributed by atoms with van der Waals surface area (Å²) >= 11 is 0. The minimum absolute atomic E-state index is 0.406. The van der Waals surface area contributed by atoms with E-state index in [0.29, 0.717) is 0 Å². The molecule has 4 heteroatoms. The monoisotopic (exact) mass is 181 g/mol. The average molecular weight is 181 g/mol. The van der Waals surface area contributed by atoms with Crippen LogP contribution in [0.3, 0.4) is 0 Å². The molecule has 0 amide bonds. The molecule has 0 unspecified atom stereocenters. The summed E-state index contributed by atoms with van der Waals surface area (Å²) in [7, 11) is 0. The lowest BCUT2D eigenvalue weighted by atomic mass is 10.3. The van der Waals surface area contributed by atoms with E-state index < -0.39 is 5.95 Å². The molecule has 0 spiro atoms. The lowest BCUT2D eigenvalue weighted by Crippen LogP contribution is -2.43. The van der Waals surface area contributed by atoms with E-state index in [1.54, 1.807) is 6.07 Å². The molecule has 1 aliphatic rings. The smallest absolute Gasteiger partial charge is 0.214 e. The van der Waals surface area contributed by atoms with E-state index in [4.69, 9.17) is 0 Å². The normalized spacial score (nSPS) is 17.5. The van der Waals surface area contributed by atoms with E-state index >= 15 is 0 Å². The highest BCUT2D eigenvalue weighted by Crippen LogP contribution is 2.10. The van der Waals surface area contributed by atoms with Crippen LogP contribution in [-0.2, 0) is 0 Å². The number of nitrogens with one attached hydrogen (secondary N) is 1. The van der Waals surface area contributed by atoms with Crippen molar-refractivity contribution in [2.45, 2.75) is 0 Å². The van der Waals surface area contributed by atoms with E-state index in [0.717, 1.165) is 32.0 Å². The Morgan fingerprint density at radius 3 is 2.77 bits per heavy atom. The van der Waals surface area contributed by atoms with Gasteiger partial charge >= 0.3 is 0 Å². The fraction of sp³-hybridized carbons (Fsp3) is 0.444. The molecule has 13 heavy (non-hydrogen) atoms. The Hall–Kier alpha value is -1.16. The van der Waals surface area contributed by atoms with Gasteiger partial charge in [-0.3, -0.25) is 0 Å². The summed E-state index contributed by atoms with van der Waals surface area (Å²) in [6.45, 7) is 3.68. The molecular weight excluding hydrogens is 169 g/mol. The number of aromatic nitrogens is 1. The quantitative estimate of drug-likeness (QED) is 0.644. The summed E-state index contributed by atoms with van der Waals surface area (Å²) in [5.41, 5.74) is 0. The number of pyridine rings is 1. The van der Waals surface area contributed by atoms with Crippen LogP contribution in [0.25, 0.3) is 0 Å². The Kier molecular flexibility index (Phi) is 2.40. The first-order valence-corrected chi connectivity index (χ1v) is 4.44. The van der Waals surface area contributed by atoms with Crippen LogP contribution in [0.4, 0.5) is 10.2 Å². The Bertz CT molecular complexity index is 284. The molecule has 1 saturated heterocycles. The lowest BCUT2D eigenvalue weighted by molar-refractivity contribution is 0.560. The third-order valence-corrected chi connectivity index (χ3v) is 2.14. The van der Waals surface area contributed by atoms with Crippen molar-refractivity contribution in [2.75, 3.05) is 31.1 Å². The third-order valence-electron chi connectivity index (χ3n) is 2.14. The molecule has 2 heterocycles. The van der Waals surface area contributed by atoms with Crippen molar-refractivity contribution in [2.24, 2.45) is 0 Å². The molecule has 1 aliphatic heterocycles. The minimum atomic E-state index is -0.406. The molecule has 2 rings (SSSR count). The van der Waals surface area contributed by atoms with Crippen molar-refractivity contribution in [1.29, 1.82) is 0 Å². The van der Waals surface area contributed by atoms with E-state index in [9.17, 15) is 4.39 Å². The summed E-state index contributed by atoms with van der Waals surface area (Å²) < 4.78 is 12.8. The van der Waals surface area contributed by atoms with Crippen molar-refractivity contribution >= 4 is 5.82 Å². The summed E-state index contributed by atoms with van der Waals surface area (Å²) in [5, 5.41) is 3.24. The third kappa shape index (κ3) is 1.95. The van der Waals surface area contributed by atoms with Gasteiger partial charge in [0.15, 0.2) is 0 Å². The Labute approximate surface area is 76.6 Å². The SMILES string of the molecule is Fc1cccc(N2CCNCC2)n1. The van der Waals surface area contributed by atoms with Gasteiger partial charge in [-0.2, -0.15) is 4.39 Å². The molecule has 0 saturated carbocycles. The number of hydrogen-bond acceptors (Lipinski definition) is 3. The largest absolute Gasteiger partial charge is 0.354 e. The van der Waals surface area contributed by atoms with Crippen LogP contribution < -0.4 is 10.2 Å². The fourth-order valence-corrected chi connectivity index (χ4v) is 1.47. The molecular formula is C9H12FN3. The molecule has 0 radical (unpaired) electrons. The number of rotatable bonds is 1. The standard InChI is InChI=1S/C9H12FN3/c10-8-2-1-3-9(12-8)13-6-4-11-5-7-13/h1-3,11H,4-7H2. The van der Waals surface area contributed by atoms with E-state index in [1.807, 2.05) is 6.07 Å². The zero-order valence-corrected chi connectivity index (χ0v) is 7.33. The highest BCUT2D eigenvalue weighted by atomic mass is 19.1. The van der Waals surface area contributed by atoms with Gasteiger partial charge in [0.2, 0.25) is 5.95 Å². The van der Waals surface area contributed by atoms with Gasteiger partial charge in [0.05, 0.1) is 0 Å². The van der Waals surface area contributed by atoms with Gasteiger partial charge in [0.1, 0.15) is 5.82 Å². The van der Waals surface area contributed by atoms with Crippen molar-refractivity contribution in [3.05, 3.63) is 24.1 Å². The second kappa shape index (κ2) is 3.70. The topological polar surface area (TPSA) is 28.2 Å². The maximum absolute atomic E-state index is 12.8. The van der Waals surface area contributed by atoms with Gasteiger partial charge in [-0.25, -0.2) is 4.98 Å². The Morgan fingerprint density at radius 2 is 2.08 bits per heavy atom. The summed E-state index contributed by atoms with van der Waals surface area (Å²) in [6.07, 6.45) is 0. The van der Waals surface area contributed by atoms with Crippen LogP contribution in [-0.4, -0.2) is 31.2 Å². The van der Waals surface area contributed by atoms with Gasteiger partial charge in [-0.1, -0.05) is 6.07 Å². The molecule has 1 aromatic rings. The van der Waals surface area contributed by atoms with Crippen molar-refractivity contribution < 1.29 is 4.39 Å². The van der Waals surface area contributed by atoms with E-state index in [2.05, 4.69) is 15.2 Å². The number of piperazine rings is 1. The van der Waals surface area contributed by atoms with Crippen molar-refractivity contribution in [3.63, 3.8) is 0 Å². The molecule has 0 aliphatic carbocycles. The number of halogens is 1. The van der Waals surface area contributed by atoms with E-state index in [1.165, 1.54) is 6.07 Å². The zero-order chi connectivity index (χ0) is 9.10. The zero-order valence-electron chi connectivity index (χ0n) is 7.33. The van der Waals surface area contributed by atoms with Crippen LogP contribution in [0.1, 0.15) is 0 Å². The second-order valence-corrected chi connectivity index (χ2v) is 3.06. The highest BCUT2D eigenvalue weighted by Gasteiger charge is 2.11. The molecule has 1 aromatic heterocycles. The van der Waals surface area contributed by atoms with Crippen LogP contribution in [0, 0.1) is 5.95 Å². The van der Waals surface area contributed by atoms with Crippen LogP contribution in [0.15, 0.2) is 18.2 Å².